The van der Waals surface area contributed by atoms with E-state index in [0.717, 1.165) is 17.5 Å². The number of aliphatic hydroxyl groups is 2. The molecule has 1 aliphatic rings. The third-order valence-electron chi connectivity index (χ3n) is 6.64. The van der Waals surface area contributed by atoms with Gasteiger partial charge in [-0.2, -0.15) is 0 Å². The number of benzene rings is 2. The molecule has 2 aromatic rings. The molecule has 1 heterocycles. The van der Waals surface area contributed by atoms with Gasteiger partial charge in [-0.3, -0.25) is 9.59 Å². The topological polar surface area (TPSA) is 114 Å². The molecule has 0 aromatic heterocycles. The Morgan fingerprint density at radius 1 is 1.03 bits per heavy atom. The predicted octanol–water partition coefficient (Wildman–Crippen LogP) is 3.48. The summed E-state index contributed by atoms with van der Waals surface area (Å²) in [5, 5.41) is 23.7. The number of carbonyl (C=O) groups is 2. The van der Waals surface area contributed by atoms with Gasteiger partial charge in [-0.25, -0.2) is 0 Å². The maximum Gasteiger partial charge on any atom is 0.313 e. The zero-order valence-electron chi connectivity index (χ0n) is 22.7. The van der Waals surface area contributed by atoms with Crippen molar-refractivity contribution in [2.45, 2.75) is 90.1 Å². The van der Waals surface area contributed by atoms with Crippen molar-refractivity contribution in [2.24, 2.45) is 5.92 Å². The molecule has 0 saturated carbocycles. The largest absolute Gasteiger partial charge is 0.457 e. The van der Waals surface area contributed by atoms with Crippen LogP contribution in [0.5, 0.6) is 0 Å². The standard InChI is InChI=1S/C30H41NO7/c1-5-9-25(33)31-26-28(38-29(35)20(4)23-14-12-21(13-15-23)16-19(2)3)27(34)24(17-32)37-30(26)36-18-22-10-7-6-8-11-22/h6-8,10-15,19-20,24,26-28,30,32,34H,5,9,16-18H2,1-4H3,(H,31,33)/t20?,24-,26-,27-,28-,30?/m1/s1. The first-order chi connectivity index (χ1) is 18.2. The van der Waals surface area contributed by atoms with Crippen LogP contribution in [0.2, 0.25) is 0 Å². The van der Waals surface area contributed by atoms with Crippen molar-refractivity contribution in [3.8, 4) is 0 Å². The SMILES string of the molecule is CCCC(=O)N[C@H]1C(OCc2ccccc2)O[C@H](CO)[C@@H](O)[C@@H]1OC(=O)C(C)c1ccc(CC(C)C)cc1. The van der Waals surface area contributed by atoms with Crippen molar-refractivity contribution in [3.05, 3.63) is 71.3 Å². The number of esters is 1. The molecule has 8 heteroatoms. The fourth-order valence-electron chi connectivity index (χ4n) is 4.53. The molecular formula is C30H41NO7. The lowest BCUT2D eigenvalue weighted by atomic mass is 9.94. The maximum atomic E-state index is 13.3. The Labute approximate surface area is 225 Å². The van der Waals surface area contributed by atoms with E-state index in [1.54, 1.807) is 6.92 Å². The second kappa shape index (κ2) is 14.4. The molecule has 0 radical (unpaired) electrons. The van der Waals surface area contributed by atoms with Crippen molar-refractivity contribution >= 4 is 11.9 Å². The Morgan fingerprint density at radius 3 is 2.32 bits per heavy atom. The van der Waals surface area contributed by atoms with Gasteiger partial charge in [0.15, 0.2) is 12.4 Å². The zero-order chi connectivity index (χ0) is 27.7. The van der Waals surface area contributed by atoms with E-state index < -0.39 is 49.1 Å². The van der Waals surface area contributed by atoms with Crippen LogP contribution in [0.4, 0.5) is 0 Å². The molecule has 6 atom stereocenters. The van der Waals surface area contributed by atoms with Gasteiger partial charge in [0, 0.05) is 6.42 Å². The molecule has 1 aliphatic heterocycles. The monoisotopic (exact) mass is 527 g/mol. The number of hydrogen-bond donors (Lipinski definition) is 3. The summed E-state index contributed by atoms with van der Waals surface area (Å²) in [5.74, 6) is -0.921. The van der Waals surface area contributed by atoms with Crippen LogP contribution in [-0.4, -0.2) is 59.3 Å². The molecule has 3 rings (SSSR count). The minimum absolute atomic E-state index is 0.166. The highest BCUT2D eigenvalue weighted by atomic mass is 16.7. The first-order valence-corrected chi connectivity index (χ1v) is 13.4. The maximum absolute atomic E-state index is 13.3. The summed E-state index contributed by atoms with van der Waals surface area (Å²) in [6.07, 6.45) is -2.85. The van der Waals surface area contributed by atoms with Gasteiger partial charge in [-0.05, 0) is 42.4 Å². The highest BCUT2D eigenvalue weighted by Crippen LogP contribution is 2.28. The molecule has 1 amide bonds. The summed E-state index contributed by atoms with van der Waals surface area (Å²) in [5.41, 5.74) is 2.85. The van der Waals surface area contributed by atoms with Gasteiger partial charge in [-0.15, -0.1) is 0 Å². The fraction of sp³-hybridized carbons (Fsp3) is 0.533. The number of rotatable bonds is 12. The van der Waals surface area contributed by atoms with Crippen molar-refractivity contribution in [2.75, 3.05) is 6.61 Å². The summed E-state index contributed by atoms with van der Waals surface area (Å²) in [6.45, 7) is 7.58. The Bertz CT molecular complexity index is 1010. The van der Waals surface area contributed by atoms with Gasteiger partial charge < -0.3 is 29.7 Å². The molecule has 2 unspecified atom stereocenters. The van der Waals surface area contributed by atoms with E-state index >= 15 is 0 Å². The van der Waals surface area contributed by atoms with Crippen LogP contribution in [0.25, 0.3) is 0 Å². The van der Waals surface area contributed by atoms with Crippen LogP contribution in [0, 0.1) is 5.92 Å². The van der Waals surface area contributed by atoms with Gasteiger partial charge in [0.05, 0.1) is 19.1 Å². The van der Waals surface area contributed by atoms with Gasteiger partial charge in [0.1, 0.15) is 18.2 Å². The van der Waals surface area contributed by atoms with E-state index in [0.29, 0.717) is 12.3 Å². The van der Waals surface area contributed by atoms with Crippen molar-refractivity contribution in [1.29, 1.82) is 0 Å². The second-order valence-electron chi connectivity index (χ2n) is 10.3. The highest BCUT2D eigenvalue weighted by molar-refractivity contribution is 5.78. The van der Waals surface area contributed by atoms with E-state index in [1.165, 1.54) is 5.56 Å². The number of amides is 1. The number of carbonyl (C=O) groups excluding carboxylic acids is 2. The van der Waals surface area contributed by atoms with Crippen LogP contribution in [0.15, 0.2) is 54.6 Å². The molecule has 1 saturated heterocycles. The van der Waals surface area contributed by atoms with Crippen LogP contribution >= 0.6 is 0 Å². The third-order valence-corrected chi connectivity index (χ3v) is 6.64. The van der Waals surface area contributed by atoms with E-state index in [2.05, 4.69) is 19.2 Å². The van der Waals surface area contributed by atoms with Crippen LogP contribution in [0.3, 0.4) is 0 Å². The van der Waals surface area contributed by atoms with E-state index in [-0.39, 0.29) is 18.9 Å². The van der Waals surface area contributed by atoms with Gasteiger partial charge in [0.2, 0.25) is 5.91 Å². The molecule has 0 bridgehead atoms. The number of hydrogen-bond acceptors (Lipinski definition) is 7. The normalized spacial score (nSPS) is 24.1. The molecule has 8 nitrogen and oxygen atoms in total. The number of ether oxygens (including phenoxy) is 3. The minimum atomic E-state index is -1.37. The van der Waals surface area contributed by atoms with Gasteiger partial charge in [0.25, 0.3) is 0 Å². The van der Waals surface area contributed by atoms with E-state index in [9.17, 15) is 19.8 Å². The predicted molar refractivity (Wildman–Crippen MR) is 143 cm³/mol. The third kappa shape index (κ3) is 8.11. The summed E-state index contributed by atoms with van der Waals surface area (Å²) in [6, 6.07) is 16.3. The molecule has 38 heavy (non-hydrogen) atoms. The first kappa shape index (κ1) is 29.8. The van der Waals surface area contributed by atoms with Crippen LogP contribution in [0.1, 0.15) is 63.1 Å². The first-order valence-electron chi connectivity index (χ1n) is 13.4. The molecule has 1 fully saturated rings. The quantitative estimate of drug-likeness (QED) is 0.362. The lowest BCUT2D eigenvalue weighted by Crippen LogP contribution is -2.65. The fourth-order valence-corrected chi connectivity index (χ4v) is 4.53. The Hall–Kier alpha value is -2.78. The van der Waals surface area contributed by atoms with Crippen molar-refractivity contribution < 1.29 is 34.0 Å². The van der Waals surface area contributed by atoms with Crippen LogP contribution in [-0.2, 0) is 36.8 Å². The van der Waals surface area contributed by atoms with Gasteiger partial charge >= 0.3 is 5.97 Å². The summed E-state index contributed by atoms with van der Waals surface area (Å²) in [4.78, 5) is 25.9. The summed E-state index contributed by atoms with van der Waals surface area (Å²) >= 11 is 0. The highest BCUT2D eigenvalue weighted by Gasteiger charge is 2.49. The Balaban J connectivity index is 1.80. The summed E-state index contributed by atoms with van der Waals surface area (Å²) < 4.78 is 17.7. The Kier molecular flexibility index (Phi) is 11.3. The molecule has 3 N–H and O–H groups in total. The van der Waals surface area contributed by atoms with Crippen LogP contribution < -0.4 is 5.32 Å². The zero-order valence-corrected chi connectivity index (χ0v) is 22.7. The lowest BCUT2D eigenvalue weighted by molar-refractivity contribution is -0.277. The average Bonchev–Trinajstić information content (AvgIpc) is 2.90. The number of aliphatic hydroxyl groups excluding tert-OH is 2. The Morgan fingerprint density at radius 2 is 1.71 bits per heavy atom. The molecule has 2 aromatic carbocycles. The average molecular weight is 528 g/mol. The molecule has 0 spiro atoms. The number of nitrogens with one attached hydrogen (secondary N) is 1. The molecule has 0 aliphatic carbocycles. The van der Waals surface area contributed by atoms with Crippen molar-refractivity contribution in [3.63, 3.8) is 0 Å². The molecule has 208 valence electrons. The second-order valence-corrected chi connectivity index (χ2v) is 10.3. The van der Waals surface area contributed by atoms with E-state index in [4.69, 9.17) is 14.2 Å². The van der Waals surface area contributed by atoms with Crippen molar-refractivity contribution in [1.82, 2.24) is 5.32 Å². The van der Waals surface area contributed by atoms with Gasteiger partial charge in [-0.1, -0.05) is 75.4 Å². The van der Waals surface area contributed by atoms with E-state index in [1.807, 2.05) is 61.5 Å². The summed E-state index contributed by atoms with van der Waals surface area (Å²) in [7, 11) is 0. The smallest absolute Gasteiger partial charge is 0.313 e. The lowest BCUT2D eigenvalue weighted by Gasteiger charge is -2.44. The minimum Gasteiger partial charge on any atom is -0.457 e. The molecular weight excluding hydrogens is 486 g/mol.